The molecule has 0 heterocycles. The van der Waals surface area contributed by atoms with Crippen LogP contribution in [0.4, 0.5) is 11.4 Å². The lowest BCUT2D eigenvalue weighted by Crippen LogP contribution is -1.91. The first kappa shape index (κ1) is 12.9. The Morgan fingerprint density at radius 3 is 2.44 bits per heavy atom. The number of nitrogens with zero attached hydrogens (tertiary/aromatic N) is 1. The largest absolute Gasteiger partial charge is 0.355 e. The van der Waals surface area contributed by atoms with Crippen molar-refractivity contribution in [3.8, 4) is 6.07 Å². The standard InChI is InChI=1S/C14H10BrClN2/c1-9-6-11(4-5-13(9)15)18-12-3-2-10(8-17)14(16)7-12/h2-7,18H,1H3. The number of halogens is 2. The van der Waals surface area contributed by atoms with Gasteiger partial charge >= 0.3 is 0 Å². The van der Waals surface area contributed by atoms with Gasteiger partial charge < -0.3 is 5.32 Å². The molecule has 90 valence electrons. The third kappa shape index (κ3) is 2.84. The minimum absolute atomic E-state index is 0.455. The molecule has 2 nitrogen and oxygen atoms in total. The predicted molar refractivity (Wildman–Crippen MR) is 78.3 cm³/mol. The molecule has 0 aliphatic carbocycles. The van der Waals surface area contributed by atoms with Gasteiger partial charge in [0.2, 0.25) is 0 Å². The van der Waals surface area contributed by atoms with Crippen molar-refractivity contribution in [1.29, 1.82) is 5.26 Å². The van der Waals surface area contributed by atoms with Crippen LogP contribution in [0, 0.1) is 18.3 Å². The van der Waals surface area contributed by atoms with Crippen LogP contribution >= 0.6 is 27.5 Å². The fourth-order valence-corrected chi connectivity index (χ4v) is 2.04. The molecule has 0 aromatic heterocycles. The van der Waals surface area contributed by atoms with E-state index in [1.54, 1.807) is 12.1 Å². The zero-order valence-corrected chi connectivity index (χ0v) is 12.0. The summed E-state index contributed by atoms with van der Waals surface area (Å²) in [5.74, 6) is 0. The van der Waals surface area contributed by atoms with Crippen LogP contribution in [0.15, 0.2) is 40.9 Å². The van der Waals surface area contributed by atoms with Crippen LogP contribution in [-0.2, 0) is 0 Å². The Labute approximate surface area is 119 Å². The molecule has 0 aliphatic rings. The van der Waals surface area contributed by atoms with E-state index in [9.17, 15) is 0 Å². The Morgan fingerprint density at radius 1 is 1.17 bits per heavy atom. The van der Waals surface area contributed by atoms with Crippen molar-refractivity contribution in [3.05, 3.63) is 57.0 Å². The molecule has 18 heavy (non-hydrogen) atoms. The number of anilines is 2. The Hall–Kier alpha value is -1.50. The van der Waals surface area contributed by atoms with E-state index in [1.807, 2.05) is 37.3 Å². The van der Waals surface area contributed by atoms with Crippen LogP contribution < -0.4 is 5.32 Å². The van der Waals surface area contributed by atoms with E-state index < -0.39 is 0 Å². The van der Waals surface area contributed by atoms with Gasteiger partial charge in [0.05, 0.1) is 10.6 Å². The third-order valence-electron chi connectivity index (χ3n) is 2.54. The van der Waals surface area contributed by atoms with E-state index in [-0.39, 0.29) is 0 Å². The number of nitriles is 1. The molecular weight excluding hydrogens is 312 g/mol. The normalized spacial score (nSPS) is 9.89. The first-order valence-electron chi connectivity index (χ1n) is 5.33. The average molecular weight is 322 g/mol. The Morgan fingerprint density at radius 2 is 1.83 bits per heavy atom. The summed E-state index contributed by atoms with van der Waals surface area (Å²) in [6, 6.07) is 13.3. The molecule has 0 bridgehead atoms. The van der Waals surface area contributed by atoms with E-state index in [0.29, 0.717) is 10.6 Å². The fourth-order valence-electron chi connectivity index (χ4n) is 1.57. The summed E-state index contributed by atoms with van der Waals surface area (Å²) in [6.07, 6.45) is 0. The molecule has 4 heteroatoms. The topological polar surface area (TPSA) is 35.8 Å². The van der Waals surface area contributed by atoms with Gasteiger partial charge in [0, 0.05) is 15.8 Å². The van der Waals surface area contributed by atoms with E-state index >= 15 is 0 Å². The Bertz CT molecular complexity index is 632. The van der Waals surface area contributed by atoms with Gasteiger partial charge in [-0.2, -0.15) is 5.26 Å². The van der Waals surface area contributed by atoms with Crippen molar-refractivity contribution in [2.45, 2.75) is 6.92 Å². The second kappa shape index (κ2) is 5.43. The number of nitrogens with one attached hydrogen (secondary N) is 1. The summed E-state index contributed by atoms with van der Waals surface area (Å²) >= 11 is 9.44. The molecule has 0 amide bonds. The van der Waals surface area contributed by atoms with Crippen molar-refractivity contribution in [2.75, 3.05) is 5.32 Å². The molecule has 2 rings (SSSR count). The highest BCUT2D eigenvalue weighted by Crippen LogP contribution is 2.25. The second-order valence-corrected chi connectivity index (χ2v) is 5.16. The maximum atomic E-state index is 8.81. The van der Waals surface area contributed by atoms with Crippen LogP contribution in [0.25, 0.3) is 0 Å². The maximum absolute atomic E-state index is 8.81. The van der Waals surface area contributed by atoms with Gasteiger partial charge in [-0.1, -0.05) is 27.5 Å². The molecule has 0 atom stereocenters. The minimum atomic E-state index is 0.455. The van der Waals surface area contributed by atoms with Gasteiger partial charge in [-0.3, -0.25) is 0 Å². The zero-order valence-electron chi connectivity index (χ0n) is 9.67. The molecule has 0 fully saturated rings. The molecule has 0 saturated heterocycles. The molecule has 2 aromatic carbocycles. The highest BCUT2D eigenvalue weighted by Gasteiger charge is 2.02. The first-order chi connectivity index (χ1) is 8.60. The number of hydrogen-bond acceptors (Lipinski definition) is 2. The zero-order chi connectivity index (χ0) is 13.1. The van der Waals surface area contributed by atoms with Crippen LogP contribution in [-0.4, -0.2) is 0 Å². The van der Waals surface area contributed by atoms with Crippen LogP contribution in [0.1, 0.15) is 11.1 Å². The minimum Gasteiger partial charge on any atom is -0.355 e. The summed E-state index contributed by atoms with van der Waals surface area (Å²) in [5, 5.41) is 12.5. The maximum Gasteiger partial charge on any atom is 0.101 e. The summed E-state index contributed by atoms with van der Waals surface area (Å²) in [7, 11) is 0. The van der Waals surface area contributed by atoms with E-state index in [1.165, 1.54) is 0 Å². The summed E-state index contributed by atoms with van der Waals surface area (Å²) in [6.45, 7) is 2.03. The van der Waals surface area contributed by atoms with E-state index in [0.717, 1.165) is 21.4 Å². The SMILES string of the molecule is Cc1cc(Nc2ccc(C#N)c(Cl)c2)ccc1Br. The predicted octanol–water partition coefficient (Wildman–Crippen LogP) is 5.03. The first-order valence-corrected chi connectivity index (χ1v) is 6.50. The van der Waals surface area contributed by atoms with Crippen LogP contribution in [0.3, 0.4) is 0 Å². The van der Waals surface area contributed by atoms with Gasteiger partial charge in [-0.05, 0) is 48.9 Å². The molecule has 0 radical (unpaired) electrons. The summed E-state index contributed by atoms with van der Waals surface area (Å²) in [4.78, 5) is 0. The van der Waals surface area contributed by atoms with Crippen LogP contribution in [0.5, 0.6) is 0 Å². The molecule has 0 spiro atoms. The average Bonchev–Trinajstić information content (AvgIpc) is 2.34. The van der Waals surface area contributed by atoms with Gasteiger partial charge in [0.15, 0.2) is 0 Å². The lowest BCUT2D eigenvalue weighted by molar-refractivity contribution is 1.41. The number of rotatable bonds is 2. The van der Waals surface area contributed by atoms with Gasteiger partial charge in [-0.15, -0.1) is 0 Å². The lowest BCUT2D eigenvalue weighted by atomic mass is 10.2. The molecule has 1 N–H and O–H groups in total. The van der Waals surface area contributed by atoms with Gasteiger partial charge in [-0.25, -0.2) is 0 Å². The summed E-state index contributed by atoms with van der Waals surface area (Å²) < 4.78 is 1.07. The third-order valence-corrected chi connectivity index (χ3v) is 3.74. The molecule has 0 unspecified atom stereocenters. The highest BCUT2D eigenvalue weighted by molar-refractivity contribution is 9.10. The molecule has 0 aliphatic heterocycles. The smallest absolute Gasteiger partial charge is 0.101 e. The highest BCUT2D eigenvalue weighted by atomic mass is 79.9. The van der Waals surface area contributed by atoms with Crippen molar-refractivity contribution >= 4 is 38.9 Å². The molecule has 0 saturated carbocycles. The number of hydrogen-bond donors (Lipinski definition) is 1. The second-order valence-electron chi connectivity index (χ2n) is 3.90. The van der Waals surface area contributed by atoms with Crippen molar-refractivity contribution in [2.24, 2.45) is 0 Å². The quantitative estimate of drug-likeness (QED) is 0.842. The van der Waals surface area contributed by atoms with E-state index in [4.69, 9.17) is 16.9 Å². The van der Waals surface area contributed by atoms with E-state index in [2.05, 4.69) is 21.2 Å². The Kier molecular flexibility index (Phi) is 3.90. The van der Waals surface area contributed by atoms with Crippen LogP contribution in [0.2, 0.25) is 5.02 Å². The lowest BCUT2D eigenvalue weighted by Gasteiger charge is -2.09. The van der Waals surface area contributed by atoms with Crippen molar-refractivity contribution < 1.29 is 0 Å². The molecular formula is C14H10BrClN2. The summed E-state index contributed by atoms with van der Waals surface area (Å²) in [5.41, 5.74) is 3.48. The van der Waals surface area contributed by atoms with Gasteiger partial charge in [0.1, 0.15) is 6.07 Å². The van der Waals surface area contributed by atoms with Gasteiger partial charge in [0.25, 0.3) is 0 Å². The Balaban J connectivity index is 2.26. The van der Waals surface area contributed by atoms with Crippen molar-refractivity contribution in [1.82, 2.24) is 0 Å². The fraction of sp³-hybridized carbons (Fsp3) is 0.0714. The monoisotopic (exact) mass is 320 g/mol. The number of benzene rings is 2. The van der Waals surface area contributed by atoms with Crippen molar-refractivity contribution in [3.63, 3.8) is 0 Å². The molecule has 2 aromatic rings. The number of aryl methyl sites for hydroxylation is 1.